The van der Waals surface area contributed by atoms with Crippen LogP contribution in [0, 0.1) is 20.8 Å². The zero-order valence-electron chi connectivity index (χ0n) is 15.0. The van der Waals surface area contributed by atoms with Crippen LogP contribution < -0.4 is 11.1 Å². The highest BCUT2D eigenvalue weighted by Crippen LogP contribution is 2.38. The molecule has 0 unspecified atom stereocenters. The van der Waals surface area contributed by atoms with Gasteiger partial charge in [0.1, 0.15) is 17.4 Å². The largest absolute Gasteiger partial charge is 0.508 e. The smallest absolute Gasteiger partial charge is 0.259 e. The molecule has 7 heteroatoms. The van der Waals surface area contributed by atoms with Crippen molar-refractivity contribution in [3.8, 4) is 11.4 Å². The number of hydrogen-bond acceptors (Lipinski definition) is 5. The van der Waals surface area contributed by atoms with Gasteiger partial charge in [-0.05, 0) is 44.9 Å². The molecule has 0 atom stereocenters. The first-order valence-electron chi connectivity index (χ1n) is 8.27. The first kappa shape index (κ1) is 16.1. The first-order chi connectivity index (χ1) is 12.3. The Bertz CT molecular complexity index is 1140. The Morgan fingerprint density at radius 3 is 2.62 bits per heavy atom. The number of anilines is 1. The average molecular weight is 349 g/mol. The normalized spacial score (nSPS) is 13.5. The van der Waals surface area contributed by atoms with Crippen LogP contribution in [0.4, 0.5) is 5.82 Å². The number of nitrogen functional groups attached to an aromatic ring is 1. The van der Waals surface area contributed by atoms with Crippen molar-refractivity contribution in [2.45, 2.75) is 27.7 Å². The van der Waals surface area contributed by atoms with Gasteiger partial charge >= 0.3 is 0 Å². The zero-order chi connectivity index (χ0) is 18.7. The van der Waals surface area contributed by atoms with E-state index in [1.54, 1.807) is 23.8 Å². The monoisotopic (exact) mass is 349 g/mol. The van der Waals surface area contributed by atoms with Crippen molar-refractivity contribution in [3.63, 3.8) is 0 Å². The number of aryl methyl sites for hydroxylation is 2. The van der Waals surface area contributed by atoms with E-state index in [4.69, 9.17) is 5.73 Å². The van der Waals surface area contributed by atoms with Gasteiger partial charge in [0, 0.05) is 11.8 Å². The van der Waals surface area contributed by atoms with E-state index in [2.05, 4.69) is 15.3 Å². The van der Waals surface area contributed by atoms with E-state index in [1.165, 1.54) is 0 Å². The minimum Gasteiger partial charge on any atom is -0.508 e. The summed E-state index contributed by atoms with van der Waals surface area (Å²) in [5.74, 6) is 0.716. The number of aromatic hydroxyl groups is 1. The number of phenols is 1. The summed E-state index contributed by atoms with van der Waals surface area (Å²) in [4.78, 5) is 21.8. The van der Waals surface area contributed by atoms with Gasteiger partial charge in [0.2, 0.25) is 0 Å². The van der Waals surface area contributed by atoms with Gasteiger partial charge < -0.3 is 16.2 Å². The van der Waals surface area contributed by atoms with Crippen LogP contribution in [0.25, 0.3) is 22.3 Å². The molecule has 0 saturated heterocycles. The second-order valence-corrected chi connectivity index (χ2v) is 6.59. The molecule has 0 spiro atoms. The maximum Gasteiger partial charge on any atom is 0.259 e. The third-order valence-corrected chi connectivity index (χ3v) is 4.81. The molecule has 0 saturated carbocycles. The van der Waals surface area contributed by atoms with E-state index in [1.807, 2.05) is 26.8 Å². The molecule has 1 amide bonds. The zero-order valence-corrected chi connectivity index (χ0v) is 15.0. The quantitative estimate of drug-likeness (QED) is 0.626. The van der Waals surface area contributed by atoms with Gasteiger partial charge in [0.15, 0.2) is 5.65 Å². The fraction of sp³-hybridized carbons (Fsp3) is 0.211. The number of allylic oxidation sites excluding steroid dienone is 1. The predicted octanol–water partition coefficient (Wildman–Crippen LogP) is 2.74. The number of nitrogens with two attached hydrogens (primary N) is 1. The molecule has 4 N–H and O–H groups in total. The third kappa shape index (κ3) is 2.03. The summed E-state index contributed by atoms with van der Waals surface area (Å²) in [7, 11) is 0. The molecule has 26 heavy (non-hydrogen) atoms. The number of rotatable bonds is 1. The van der Waals surface area contributed by atoms with Gasteiger partial charge in [0.05, 0.1) is 22.3 Å². The van der Waals surface area contributed by atoms with E-state index in [-0.39, 0.29) is 17.5 Å². The van der Waals surface area contributed by atoms with Crippen molar-refractivity contribution in [1.29, 1.82) is 0 Å². The van der Waals surface area contributed by atoms with Crippen LogP contribution in [-0.4, -0.2) is 25.5 Å². The van der Waals surface area contributed by atoms with Gasteiger partial charge in [0.25, 0.3) is 5.91 Å². The number of benzene rings is 1. The number of nitrogens with zero attached hydrogens (tertiary/aromatic N) is 3. The maximum atomic E-state index is 12.7. The molecule has 3 aromatic rings. The van der Waals surface area contributed by atoms with Gasteiger partial charge in [-0.25, -0.2) is 9.97 Å². The maximum absolute atomic E-state index is 12.7. The van der Waals surface area contributed by atoms with E-state index in [9.17, 15) is 9.90 Å². The van der Waals surface area contributed by atoms with Crippen molar-refractivity contribution in [1.82, 2.24) is 19.9 Å². The Balaban J connectivity index is 2.25. The lowest BCUT2D eigenvalue weighted by Crippen LogP contribution is -2.18. The molecule has 0 bridgehead atoms. The van der Waals surface area contributed by atoms with Crippen molar-refractivity contribution in [2.75, 3.05) is 5.73 Å². The molecule has 132 valence electrons. The molecule has 3 heterocycles. The minimum atomic E-state index is -0.299. The Kier molecular flexibility index (Phi) is 3.30. The Morgan fingerprint density at radius 2 is 1.88 bits per heavy atom. The van der Waals surface area contributed by atoms with E-state index < -0.39 is 0 Å². The van der Waals surface area contributed by atoms with E-state index in [0.29, 0.717) is 33.7 Å². The topological polar surface area (TPSA) is 106 Å². The number of phenolic OH excluding ortho intramolecular Hbond substituents is 1. The lowest BCUT2D eigenvalue weighted by Gasteiger charge is -2.15. The van der Waals surface area contributed by atoms with Gasteiger partial charge in [-0.2, -0.15) is 0 Å². The molecule has 1 aliphatic rings. The molecule has 1 aliphatic heterocycles. The Hall–Kier alpha value is -3.35. The van der Waals surface area contributed by atoms with E-state index in [0.717, 1.165) is 16.8 Å². The summed E-state index contributed by atoms with van der Waals surface area (Å²) >= 11 is 0. The molecule has 4 rings (SSSR count). The van der Waals surface area contributed by atoms with Crippen molar-refractivity contribution < 1.29 is 9.90 Å². The third-order valence-electron chi connectivity index (χ3n) is 4.81. The minimum absolute atomic E-state index is 0.159. The molecule has 1 aromatic carbocycles. The molecule has 0 aliphatic carbocycles. The molecule has 0 fully saturated rings. The van der Waals surface area contributed by atoms with Gasteiger partial charge in [-0.15, -0.1) is 0 Å². The summed E-state index contributed by atoms with van der Waals surface area (Å²) in [5.41, 5.74) is 11.2. The second kappa shape index (κ2) is 5.32. The number of aromatic nitrogens is 3. The lowest BCUT2D eigenvalue weighted by atomic mass is 10.1. The molecule has 2 aromatic heterocycles. The first-order valence-corrected chi connectivity index (χ1v) is 8.27. The Labute approximate surface area is 150 Å². The number of carbonyl (C=O) groups excluding carboxylic acids is 1. The molecule has 0 radical (unpaired) electrons. The van der Waals surface area contributed by atoms with Crippen LogP contribution in [-0.2, 0) is 0 Å². The van der Waals surface area contributed by atoms with Gasteiger partial charge in [-0.3, -0.25) is 9.36 Å². The fourth-order valence-corrected chi connectivity index (χ4v) is 3.53. The molecule has 7 nitrogen and oxygen atoms in total. The number of carbonyl (C=O) groups is 1. The highest BCUT2D eigenvalue weighted by Gasteiger charge is 2.29. The van der Waals surface area contributed by atoms with Crippen molar-refractivity contribution in [3.05, 3.63) is 46.5 Å². The van der Waals surface area contributed by atoms with Crippen molar-refractivity contribution in [2.24, 2.45) is 0 Å². The molecular formula is C19H19N5O2. The average Bonchev–Trinajstić information content (AvgIpc) is 2.80. The second-order valence-electron chi connectivity index (χ2n) is 6.59. The Morgan fingerprint density at radius 1 is 1.15 bits per heavy atom. The fourth-order valence-electron chi connectivity index (χ4n) is 3.53. The SMILES string of the molecule is CC1=CNC(=O)c2c(N)n(-c3c(C)ccc(O)c3C)c3nc(C)nc1c23. The summed E-state index contributed by atoms with van der Waals surface area (Å²) < 4.78 is 1.74. The van der Waals surface area contributed by atoms with Crippen LogP contribution >= 0.6 is 0 Å². The summed E-state index contributed by atoms with van der Waals surface area (Å²) in [6.45, 7) is 7.43. The molecular weight excluding hydrogens is 330 g/mol. The highest BCUT2D eigenvalue weighted by molar-refractivity contribution is 6.15. The number of amides is 1. The van der Waals surface area contributed by atoms with Crippen LogP contribution in [0.3, 0.4) is 0 Å². The number of hydrogen-bond donors (Lipinski definition) is 3. The van der Waals surface area contributed by atoms with Crippen LogP contribution in [0.15, 0.2) is 18.3 Å². The van der Waals surface area contributed by atoms with Gasteiger partial charge in [-0.1, -0.05) is 6.07 Å². The predicted molar refractivity (Wildman–Crippen MR) is 100 cm³/mol. The van der Waals surface area contributed by atoms with Crippen molar-refractivity contribution >= 4 is 28.3 Å². The van der Waals surface area contributed by atoms with Crippen LogP contribution in [0.1, 0.15) is 39.9 Å². The summed E-state index contributed by atoms with van der Waals surface area (Å²) in [6.07, 6.45) is 1.64. The number of nitrogens with one attached hydrogen (secondary N) is 1. The van der Waals surface area contributed by atoms with Crippen LogP contribution in [0.5, 0.6) is 5.75 Å². The van der Waals surface area contributed by atoms with E-state index >= 15 is 0 Å². The summed E-state index contributed by atoms with van der Waals surface area (Å²) in [5, 5.41) is 13.6. The standard InChI is InChI=1S/C19H19N5O2/c1-8-5-6-12(25)10(3)16(8)24-17(20)14-13-15(9(2)7-21-19(14)26)22-11(4)23-18(13)24/h5-7,25H,20H2,1-4H3,(H,21,26). The highest BCUT2D eigenvalue weighted by atomic mass is 16.3. The lowest BCUT2D eigenvalue weighted by molar-refractivity contribution is 0.0973. The summed E-state index contributed by atoms with van der Waals surface area (Å²) in [6, 6.07) is 3.46. The van der Waals surface area contributed by atoms with Crippen LogP contribution in [0.2, 0.25) is 0 Å².